The van der Waals surface area contributed by atoms with Gasteiger partial charge in [0.2, 0.25) is 0 Å². The molecule has 0 aliphatic heterocycles. The van der Waals surface area contributed by atoms with Crippen molar-refractivity contribution in [1.82, 2.24) is 30.5 Å². The molecule has 190 valence electrons. The maximum absolute atomic E-state index is 13.7. The van der Waals surface area contributed by atoms with E-state index >= 15 is 0 Å². The third kappa shape index (κ3) is 4.60. The number of rotatable bonds is 7. The van der Waals surface area contributed by atoms with Crippen LogP contribution in [0.3, 0.4) is 0 Å². The zero-order valence-corrected chi connectivity index (χ0v) is 21.6. The summed E-state index contributed by atoms with van der Waals surface area (Å²) in [4.78, 5) is 13.2. The Morgan fingerprint density at radius 1 is 0.744 bits per heavy atom. The fourth-order valence-electron chi connectivity index (χ4n) is 4.92. The Bertz CT molecular complexity index is 1920. The lowest BCUT2D eigenvalue weighted by Gasteiger charge is -2.08. The van der Waals surface area contributed by atoms with E-state index in [0.29, 0.717) is 0 Å². The van der Waals surface area contributed by atoms with Crippen LogP contribution in [0.5, 0.6) is 0 Å². The molecule has 5 heterocycles. The fourth-order valence-corrected chi connectivity index (χ4v) is 5.68. The van der Waals surface area contributed by atoms with Crippen LogP contribution in [-0.2, 0) is 13.1 Å². The molecule has 39 heavy (non-hydrogen) atoms. The molecule has 0 bridgehead atoms. The topological polar surface area (TPSA) is 82.3 Å². The van der Waals surface area contributed by atoms with Crippen LogP contribution in [0.1, 0.15) is 11.1 Å². The molecule has 0 aliphatic rings. The first-order chi connectivity index (χ1) is 19.2. The lowest BCUT2D eigenvalue weighted by molar-refractivity contribution is 0.657. The zero-order chi connectivity index (χ0) is 26.2. The van der Waals surface area contributed by atoms with E-state index in [0.717, 1.165) is 84.8 Å². The molecule has 8 heteroatoms. The average molecular weight is 531 g/mol. The maximum atomic E-state index is 13.7. The number of thiophene rings is 1. The monoisotopic (exact) mass is 530 g/mol. The van der Waals surface area contributed by atoms with Gasteiger partial charge in [0.15, 0.2) is 5.13 Å². The van der Waals surface area contributed by atoms with Gasteiger partial charge in [-0.25, -0.2) is 0 Å². The van der Waals surface area contributed by atoms with Gasteiger partial charge in [0.1, 0.15) is 5.69 Å². The molecule has 0 fully saturated rings. The number of H-pyrrole nitrogens is 2. The maximum Gasteiger partial charge on any atom is 0.176 e. The van der Waals surface area contributed by atoms with Gasteiger partial charge in [0.05, 0.1) is 22.9 Å². The molecule has 0 amide bonds. The number of aromatic nitrogens is 5. The largest absolute Gasteiger partial charge is 0.352 e. The summed E-state index contributed by atoms with van der Waals surface area (Å²) in [6, 6.07) is 24.2. The second kappa shape index (κ2) is 9.90. The van der Waals surface area contributed by atoms with E-state index < -0.39 is 0 Å². The Kier molecular flexibility index (Phi) is 5.96. The van der Waals surface area contributed by atoms with Gasteiger partial charge in [0, 0.05) is 58.5 Å². The van der Waals surface area contributed by atoms with E-state index in [4.69, 9.17) is 0 Å². The summed E-state index contributed by atoms with van der Waals surface area (Å²) in [5.41, 5.74) is 8.90. The van der Waals surface area contributed by atoms with Gasteiger partial charge >= 0.3 is 0 Å². The van der Waals surface area contributed by atoms with Crippen LogP contribution in [0.4, 0.5) is 4.39 Å². The molecule has 0 unspecified atom stereocenters. The minimum Gasteiger partial charge on any atom is -0.352 e. The Balaban J connectivity index is 1.20. The van der Waals surface area contributed by atoms with E-state index in [-0.39, 0.29) is 5.13 Å². The molecular weight excluding hydrogens is 507 g/mol. The highest BCUT2D eigenvalue weighted by Gasteiger charge is 2.15. The van der Waals surface area contributed by atoms with Crippen LogP contribution in [0, 0.1) is 5.13 Å². The molecule has 5 aromatic heterocycles. The lowest BCUT2D eigenvalue weighted by atomic mass is 10.0. The van der Waals surface area contributed by atoms with E-state index in [1.165, 1.54) is 11.6 Å². The van der Waals surface area contributed by atoms with Gasteiger partial charge in [-0.3, -0.25) is 15.1 Å². The van der Waals surface area contributed by atoms with Gasteiger partial charge in [-0.1, -0.05) is 36.4 Å². The first-order valence-corrected chi connectivity index (χ1v) is 13.4. The molecular formula is C31H23FN6S. The average Bonchev–Trinajstić information content (AvgIpc) is 3.71. The molecule has 0 radical (unpaired) electrons. The molecule has 6 nitrogen and oxygen atoms in total. The number of nitrogens with zero attached hydrogens (tertiary/aromatic N) is 3. The Morgan fingerprint density at radius 2 is 1.62 bits per heavy atom. The number of hydrogen-bond donors (Lipinski definition) is 3. The SMILES string of the molecule is Fc1ccc(-c2cncc3[nH]c(-c4n[nH]c5ccc(-c6cncc(CNCc7ccccc7)c6)cc45)cc23)s1. The van der Waals surface area contributed by atoms with Crippen LogP contribution >= 0.6 is 11.3 Å². The van der Waals surface area contributed by atoms with Crippen LogP contribution in [0.25, 0.3) is 54.8 Å². The number of fused-ring (bicyclic) bond motifs is 2. The molecule has 3 N–H and O–H groups in total. The number of pyridine rings is 2. The number of hydrogen-bond acceptors (Lipinski definition) is 5. The summed E-state index contributed by atoms with van der Waals surface area (Å²) in [6.07, 6.45) is 7.36. The van der Waals surface area contributed by atoms with Crippen molar-refractivity contribution in [3.05, 3.63) is 114 Å². The second-order valence-electron chi connectivity index (χ2n) is 9.44. The molecule has 0 aliphatic carbocycles. The molecule has 0 atom stereocenters. The van der Waals surface area contributed by atoms with Gasteiger partial charge in [0.25, 0.3) is 0 Å². The highest BCUT2D eigenvalue weighted by Crippen LogP contribution is 2.36. The van der Waals surface area contributed by atoms with Crippen molar-refractivity contribution in [3.8, 4) is 33.0 Å². The first kappa shape index (κ1) is 23.5. The molecule has 0 saturated heterocycles. The van der Waals surface area contributed by atoms with Gasteiger partial charge < -0.3 is 10.3 Å². The zero-order valence-electron chi connectivity index (χ0n) is 20.8. The summed E-state index contributed by atoms with van der Waals surface area (Å²) in [7, 11) is 0. The Morgan fingerprint density at radius 3 is 2.49 bits per heavy atom. The Hall–Kier alpha value is -4.66. The third-order valence-electron chi connectivity index (χ3n) is 6.83. The standard InChI is InChI=1S/C31H23FN6S/c32-30-9-8-29(39-30)25-17-35-18-28-23(25)12-27(36-28)31-24-11-21(6-7-26(24)37-38-31)22-10-20(15-34-16-22)14-33-13-19-4-2-1-3-5-19/h1-12,15-18,33,36H,13-14H2,(H,37,38). The number of benzene rings is 2. The summed E-state index contributed by atoms with van der Waals surface area (Å²) >= 11 is 1.12. The van der Waals surface area contributed by atoms with Crippen molar-refractivity contribution in [3.63, 3.8) is 0 Å². The van der Waals surface area contributed by atoms with Crippen molar-refractivity contribution >= 4 is 33.1 Å². The Labute approximate surface area is 227 Å². The number of halogens is 1. The van der Waals surface area contributed by atoms with Crippen molar-refractivity contribution in [2.45, 2.75) is 13.1 Å². The first-order valence-electron chi connectivity index (χ1n) is 12.6. The van der Waals surface area contributed by atoms with Crippen LogP contribution < -0.4 is 5.32 Å². The molecule has 7 aromatic rings. The smallest absolute Gasteiger partial charge is 0.176 e. The molecule has 2 aromatic carbocycles. The van der Waals surface area contributed by atoms with Gasteiger partial charge in [-0.15, -0.1) is 11.3 Å². The van der Waals surface area contributed by atoms with Gasteiger partial charge in [-0.05, 0) is 53.1 Å². The highest BCUT2D eigenvalue weighted by atomic mass is 32.1. The third-order valence-corrected chi connectivity index (χ3v) is 7.74. The van der Waals surface area contributed by atoms with Crippen molar-refractivity contribution in [2.24, 2.45) is 0 Å². The predicted molar refractivity (Wildman–Crippen MR) is 155 cm³/mol. The second-order valence-corrected chi connectivity index (χ2v) is 10.5. The molecule has 7 rings (SSSR count). The van der Waals surface area contributed by atoms with Crippen molar-refractivity contribution in [1.29, 1.82) is 0 Å². The van der Waals surface area contributed by atoms with E-state index in [1.54, 1.807) is 18.5 Å². The van der Waals surface area contributed by atoms with Crippen LogP contribution in [0.15, 0.2) is 97.6 Å². The summed E-state index contributed by atoms with van der Waals surface area (Å²) in [5, 5.41) is 13.1. The van der Waals surface area contributed by atoms with E-state index in [9.17, 15) is 4.39 Å². The quantitative estimate of drug-likeness (QED) is 0.202. The van der Waals surface area contributed by atoms with Crippen molar-refractivity contribution < 1.29 is 4.39 Å². The van der Waals surface area contributed by atoms with Crippen LogP contribution in [0.2, 0.25) is 0 Å². The van der Waals surface area contributed by atoms with E-state index in [2.05, 4.69) is 79.0 Å². The van der Waals surface area contributed by atoms with Crippen molar-refractivity contribution in [2.75, 3.05) is 0 Å². The van der Waals surface area contributed by atoms with E-state index in [1.807, 2.05) is 24.5 Å². The summed E-state index contributed by atoms with van der Waals surface area (Å²) in [5.74, 6) is 0. The highest BCUT2D eigenvalue weighted by molar-refractivity contribution is 7.14. The fraction of sp³-hybridized carbons (Fsp3) is 0.0645. The molecule has 0 spiro atoms. The predicted octanol–water partition coefficient (Wildman–Crippen LogP) is 7.33. The lowest BCUT2D eigenvalue weighted by Crippen LogP contribution is -2.12. The van der Waals surface area contributed by atoms with Crippen LogP contribution in [-0.4, -0.2) is 25.1 Å². The molecule has 0 saturated carbocycles. The minimum atomic E-state index is -0.214. The number of aromatic amines is 2. The normalized spacial score (nSPS) is 11.5. The van der Waals surface area contributed by atoms with Gasteiger partial charge in [-0.2, -0.15) is 9.49 Å². The summed E-state index contributed by atoms with van der Waals surface area (Å²) < 4.78 is 13.7. The minimum absolute atomic E-state index is 0.214. The number of nitrogens with one attached hydrogen (secondary N) is 3. The summed E-state index contributed by atoms with van der Waals surface area (Å²) in [6.45, 7) is 1.53.